The average molecular weight is 335 g/mol. The van der Waals surface area contributed by atoms with Gasteiger partial charge in [0, 0.05) is 16.5 Å². The van der Waals surface area contributed by atoms with Gasteiger partial charge in [-0.3, -0.25) is 4.79 Å². The van der Waals surface area contributed by atoms with Crippen LogP contribution in [-0.2, 0) is 4.79 Å². The van der Waals surface area contributed by atoms with Gasteiger partial charge in [-0.2, -0.15) is 0 Å². The van der Waals surface area contributed by atoms with E-state index in [9.17, 15) is 9.59 Å². The molecule has 0 spiro atoms. The first-order chi connectivity index (χ1) is 9.54. The zero-order valence-corrected chi connectivity index (χ0v) is 12.3. The third-order valence-electron chi connectivity index (χ3n) is 3.27. The number of hydrogen-bond acceptors (Lipinski definition) is 4. The van der Waals surface area contributed by atoms with Crippen molar-refractivity contribution in [2.75, 3.05) is 0 Å². The summed E-state index contributed by atoms with van der Waals surface area (Å²) in [5.74, 6) is 0.0597. The lowest BCUT2D eigenvalue weighted by Crippen LogP contribution is -2.26. The Kier molecular flexibility index (Phi) is 3.22. The van der Waals surface area contributed by atoms with E-state index < -0.39 is 5.63 Å². The molecule has 0 fully saturated rings. The predicted molar refractivity (Wildman–Crippen MR) is 76.0 cm³/mol. The first kappa shape index (κ1) is 13.1. The third kappa shape index (κ3) is 2.29. The van der Waals surface area contributed by atoms with Crippen LogP contribution in [0.1, 0.15) is 29.2 Å². The molecule has 0 N–H and O–H groups in total. The highest BCUT2D eigenvalue weighted by Gasteiger charge is 2.32. The first-order valence-corrected chi connectivity index (χ1v) is 6.94. The molecule has 20 heavy (non-hydrogen) atoms. The van der Waals surface area contributed by atoms with Gasteiger partial charge in [0.25, 0.3) is 0 Å². The molecule has 1 unspecified atom stereocenters. The Morgan fingerprint density at radius 2 is 2.05 bits per heavy atom. The van der Waals surface area contributed by atoms with E-state index in [2.05, 4.69) is 15.9 Å². The van der Waals surface area contributed by atoms with E-state index in [0.717, 1.165) is 10.0 Å². The molecule has 0 aliphatic carbocycles. The Labute approximate surface area is 123 Å². The molecule has 0 saturated carbocycles. The number of esters is 1. The fraction of sp³-hybridized carbons (Fsp3) is 0.200. The number of carbonyl (C=O) groups excluding carboxylic acids is 1. The van der Waals surface area contributed by atoms with Crippen LogP contribution in [0.3, 0.4) is 0 Å². The van der Waals surface area contributed by atoms with E-state index in [-0.39, 0.29) is 18.3 Å². The molecule has 3 rings (SSSR count). The topological polar surface area (TPSA) is 56.5 Å². The van der Waals surface area contributed by atoms with E-state index >= 15 is 0 Å². The fourth-order valence-electron chi connectivity index (χ4n) is 2.43. The summed E-state index contributed by atoms with van der Waals surface area (Å²) in [6, 6.07) is 9.13. The van der Waals surface area contributed by atoms with Crippen molar-refractivity contribution >= 4 is 21.9 Å². The number of ether oxygens (including phenoxy) is 1. The largest absolute Gasteiger partial charge is 0.428 e. The van der Waals surface area contributed by atoms with Gasteiger partial charge in [-0.25, -0.2) is 4.79 Å². The summed E-state index contributed by atoms with van der Waals surface area (Å²) >= 11 is 3.40. The van der Waals surface area contributed by atoms with Crippen LogP contribution in [0.5, 0.6) is 5.75 Å². The third-order valence-corrected chi connectivity index (χ3v) is 3.76. The van der Waals surface area contributed by atoms with Gasteiger partial charge >= 0.3 is 11.6 Å². The lowest BCUT2D eigenvalue weighted by atomic mass is 9.87. The van der Waals surface area contributed by atoms with Crippen LogP contribution in [0.2, 0.25) is 0 Å². The first-order valence-electron chi connectivity index (χ1n) is 6.15. The summed E-state index contributed by atoms with van der Waals surface area (Å²) in [5, 5.41) is 0. The molecule has 1 aromatic carbocycles. The molecule has 0 saturated heterocycles. The van der Waals surface area contributed by atoms with Gasteiger partial charge in [0.05, 0.1) is 12.0 Å². The highest BCUT2D eigenvalue weighted by atomic mass is 79.9. The maximum atomic E-state index is 12.1. The molecule has 102 valence electrons. The molecule has 5 heteroatoms. The van der Waals surface area contributed by atoms with Crippen molar-refractivity contribution in [3.63, 3.8) is 0 Å². The molecule has 1 aromatic heterocycles. The van der Waals surface area contributed by atoms with Gasteiger partial charge in [-0.1, -0.05) is 28.1 Å². The van der Waals surface area contributed by atoms with Crippen LogP contribution < -0.4 is 10.4 Å². The van der Waals surface area contributed by atoms with E-state index in [1.54, 1.807) is 13.0 Å². The van der Waals surface area contributed by atoms with Crippen molar-refractivity contribution < 1.29 is 13.9 Å². The average Bonchev–Trinajstić information content (AvgIpc) is 2.36. The Morgan fingerprint density at radius 3 is 2.80 bits per heavy atom. The van der Waals surface area contributed by atoms with Crippen LogP contribution in [-0.4, -0.2) is 5.97 Å². The number of aryl methyl sites for hydroxylation is 1. The summed E-state index contributed by atoms with van der Waals surface area (Å²) < 4.78 is 11.2. The Hall–Kier alpha value is -1.88. The molecule has 4 nitrogen and oxygen atoms in total. The molecule has 0 radical (unpaired) electrons. The molecular formula is C15H11BrO4. The molecule has 2 aromatic rings. The second-order valence-corrected chi connectivity index (χ2v) is 5.62. The number of fused-ring (bicyclic) bond motifs is 1. The molecule has 1 aliphatic rings. The normalized spacial score (nSPS) is 17.5. The minimum Gasteiger partial charge on any atom is -0.428 e. The van der Waals surface area contributed by atoms with Crippen molar-refractivity contribution in [2.45, 2.75) is 19.3 Å². The van der Waals surface area contributed by atoms with Gasteiger partial charge in [0.2, 0.25) is 0 Å². The van der Waals surface area contributed by atoms with Crippen molar-refractivity contribution in [1.29, 1.82) is 0 Å². The SMILES string of the molecule is Cc1cc2c(c(=O)o1)C(c1cccc(Br)c1)CC(=O)O2. The maximum Gasteiger partial charge on any atom is 0.343 e. The second kappa shape index (κ2) is 4.90. The zero-order valence-electron chi connectivity index (χ0n) is 10.7. The lowest BCUT2D eigenvalue weighted by Gasteiger charge is -2.23. The van der Waals surface area contributed by atoms with E-state index in [4.69, 9.17) is 9.15 Å². The standard InChI is InChI=1S/C15H11BrO4/c1-8-5-12-14(15(18)19-8)11(7-13(17)20-12)9-3-2-4-10(16)6-9/h2-6,11H,7H2,1H3. The highest BCUT2D eigenvalue weighted by Crippen LogP contribution is 2.37. The molecule has 1 atom stereocenters. The maximum absolute atomic E-state index is 12.1. The molecule has 2 heterocycles. The van der Waals surface area contributed by atoms with Crippen LogP contribution in [0, 0.1) is 6.92 Å². The molecular weight excluding hydrogens is 324 g/mol. The van der Waals surface area contributed by atoms with Gasteiger partial charge < -0.3 is 9.15 Å². The number of benzene rings is 1. The van der Waals surface area contributed by atoms with Crippen molar-refractivity contribution in [3.8, 4) is 5.75 Å². The number of halogens is 1. The van der Waals surface area contributed by atoms with Crippen molar-refractivity contribution in [3.05, 3.63) is 62.1 Å². The van der Waals surface area contributed by atoms with Crippen LogP contribution in [0.4, 0.5) is 0 Å². The summed E-state index contributed by atoms with van der Waals surface area (Å²) in [6.45, 7) is 1.65. The summed E-state index contributed by atoms with van der Waals surface area (Å²) in [4.78, 5) is 23.8. The van der Waals surface area contributed by atoms with Crippen LogP contribution in [0.15, 0.2) is 44.0 Å². The highest BCUT2D eigenvalue weighted by molar-refractivity contribution is 9.10. The van der Waals surface area contributed by atoms with Gasteiger partial charge in [0.15, 0.2) is 0 Å². The van der Waals surface area contributed by atoms with Gasteiger partial charge in [0.1, 0.15) is 11.5 Å². The van der Waals surface area contributed by atoms with Crippen LogP contribution in [0.25, 0.3) is 0 Å². The molecule has 1 aliphatic heterocycles. The predicted octanol–water partition coefficient (Wildman–Crippen LogP) is 3.15. The van der Waals surface area contributed by atoms with E-state index in [1.165, 1.54) is 0 Å². The Balaban J connectivity index is 2.20. The minimum atomic E-state index is -0.447. The second-order valence-electron chi connectivity index (χ2n) is 4.71. The smallest absolute Gasteiger partial charge is 0.343 e. The summed E-state index contributed by atoms with van der Waals surface area (Å²) in [7, 11) is 0. The van der Waals surface area contributed by atoms with E-state index in [0.29, 0.717) is 17.1 Å². The lowest BCUT2D eigenvalue weighted by molar-refractivity contribution is -0.135. The Morgan fingerprint density at radius 1 is 1.25 bits per heavy atom. The monoisotopic (exact) mass is 334 g/mol. The van der Waals surface area contributed by atoms with Gasteiger partial charge in [-0.15, -0.1) is 0 Å². The van der Waals surface area contributed by atoms with Crippen molar-refractivity contribution in [1.82, 2.24) is 0 Å². The van der Waals surface area contributed by atoms with Crippen LogP contribution >= 0.6 is 15.9 Å². The number of hydrogen-bond donors (Lipinski definition) is 0. The summed E-state index contributed by atoms with van der Waals surface area (Å²) in [6.07, 6.45) is 0.136. The number of carbonyl (C=O) groups is 1. The molecule has 0 bridgehead atoms. The van der Waals surface area contributed by atoms with Gasteiger partial charge in [-0.05, 0) is 24.6 Å². The zero-order chi connectivity index (χ0) is 14.3. The number of rotatable bonds is 1. The quantitative estimate of drug-likeness (QED) is 0.751. The minimum absolute atomic E-state index is 0.136. The molecule has 0 amide bonds. The fourth-order valence-corrected chi connectivity index (χ4v) is 2.85. The summed E-state index contributed by atoms with van der Waals surface area (Å²) in [5.41, 5.74) is 0.846. The van der Waals surface area contributed by atoms with Crippen molar-refractivity contribution in [2.24, 2.45) is 0 Å². The Bertz CT molecular complexity index is 748. The van der Waals surface area contributed by atoms with E-state index in [1.807, 2.05) is 24.3 Å².